The van der Waals surface area contributed by atoms with Gasteiger partial charge < -0.3 is 14.8 Å². The molecule has 0 unspecified atom stereocenters. The van der Waals surface area contributed by atoms with E-state index in [1.54, 1.807) is 0 Å². The van der Waals surface area contributed by atoms with Crippen molar-refractivity contribution in [1.82, 2.24) is 24.8 Å². The minimum absolute atomic E-state index is 0.673. The summed E-state index contributed by atoms with van der Waals surface area (Å²) in [5.74, 6) is 1.08. The van der Waals surface area contributed by atoms with Gasteiger partial charge in [0.1, 0.15) is 11.5 Å². The highest BCUT2D eigenvalue weighted by atomic mass is 15.3. The molecule has 0 aromatic carbocycles. The number of nitrogens with zero attached hydrogens (tertiary/aromatic N) is 5. The van der Waals surface area contributed by atoms with Crippen LogP contribution in [0.3, 0.4) is 0 Å². The largest absolute Gasteiger partial charge is 0.355 e. The Morgan fingerprint density at radius 1 is 0.968 bits per heavy atom. The second-order valence-electron chi connectivity index (χ2n) is 9.24. The molecular weight excluding hydrogens is 384 g/mol. The lowest BCUT2D eigenvalue weighted by Gasteiger charge is -2.39. The summed E-state index contributed by atoms with van der Waals surface area (Å²) in [6.07, 6.45) is 5.63. The minimum atomic E-state index is 0.673. The van der Waals surface area contributed by atoms with E-state index in [1.165, 1.54) is 38.9 Å². The molecule has 2 saturated heterocycles. The highest BCUT2D eigenvalue weighted by Crippen LogP contribution is 2.25. The molecular formula is C25H34N6. The van der Waals surface area contributed by atoms with E-state index in [-0.39, 0.29) is 0 Å². The van der Waals surface area contributed by atoms with E-state index in [1.807, 2.05) is 12.3 Å². The molecule has 0 bridgehead atoms. The van der Waals surface area contributed by atoms with Gasteiger partial charge in [-0.05, 0) is 76.5 Å². The Hall–Kier alpha value is -2.44. The zero-order valence-electron chi connectivity index (χ0n) is 18.8. The molecule has 0 radical (unpaired) electrons. The van der Waals surface area contributed by atoms with Gasteiger partial charge >= 0.3 is 0 Å². The van der Waals surface area contributed by atoms with Crippen LogP contribution in [-0.2, 0) is 0 Å². The molecule has 0 amide bonds. The Morgan fingerprint density at radius 2 is 1.84 bits per heavy atom. The Kier molecular flexibility index (Phi) is 5.92. The number of fused-ring (bicyclic) bond motifs is 1. The number of hydrogen-bond acceptors (Lipinski definition) is 5. The third kappa shape index (κ3) is 4.46. The van der Waals surface area contributed by atoms with Gasteiger partial charge in [-0.1, -0.05) is 6.07 Å². The van der Waals surface area contributed by atoms with Gasteiger partial charge in [0.15, 0.2) is 0 Å². The summed E-state index contributed by atoms with van der Waals surface area (Å²) in [4.78, 5) is 20.7. The number of aromatic nitrogens is 3. The fourth-order valence-corrected chi connectivity index (χ4v) is 5.14. The molecule has 164 valence electrons. The van der Waals surface area contributed by atoms with E-state index >= 15 is 0 Å². The third-order valence-electron chi connectivity index (χ3n) is 7.00. The van der Waals surface area contributed by atoms with Crippen LogP contribution in [0.15, 0.2) is 42.6 Å². The third-order valence-corrected chi connectivity index (χ3v) is 7.00. The first-order valence-corrected chi connectivity index (χ1v) is 11.8. The van der Waals surface area contributed by atoms with Crippen molar-refractivity contribution in [3.05, 3.63) is 42.6 Å². The van der Waals surface area contributed by atoms with Gasteiger partial charge in [0.25, 0.3) is 0 Å². The van der Waals surface area contributed by atoms with Crippen molar-refractivity contribution in [1.29, 1.82) is 0 Å². The summed E-state index contributed by atoms with van der Waals surface area (Å²) in [5.41, 5.74) is 2.93. The molecule has 6 heteroatoms. The number of anilines is 1. The molecule has 3 aromatic rings. The number of aromatic amines is 1. The molecule has 1 N–H and O–H groups in total. The SMILES string of the molecule is CC(C)N1CCC(N2CCCN(c3cccc(-c4cc5cccnc5[nH]4)n3)CC2)CC1. The Balaban J connectivity index is 1.26. The summed E-state index contributed by atoms with van der Waals surface area (Å²) in [6.45, 7) is 11.6. The van der Waals surface area contributed by atoms with Crippen molar-refractivity contribution in [2.45, 2.75) is 45.2 Å². The smallest absolute Gasteiger partial charge is 0.137 e. The standard InChI is InChI=1S/C25H34N6/c1-19(2)29-14-9-21(10-15-29)30-12-5-13-31(17-16-30)24-8-3-7-22(27-24)23-18-20-6-4-11-26-25(20)28-23/h3-4,6-8,11,18-19,21H,5,9-10,12-17H2,1-2H3,(H,26,28). The first-order chi connectivity index (χ1) is 15.2. The number of H-pyrrole nitrogens is 1. The average Bonchev–Trinajstić information content (AvgIpc) is 3.09. The van der Waals surface area contributed by atoms with Crippen LogP contribution in [0.1, 0.15) is 33.1 Å². The lowest BCUT2D eigenvalue weighted by molar-refractivity contribution is 0.0965. The van der Waals surface area contributed by atoms with Crippen LogP contribution in [0, 0.1) is 0 Å². The Labute approximate surface area is 185 Å². The van der Waals surface area contributed by atoms with Crippen LogP contribution in [0.5, 0.6) is 0 Å². The molecule has 0 saturated carbocycles. The summed E-state index contributed by atoms with van der Waals surface area (Å²) in [5, 5.41) is 1.12. The maximum Gasteiger partial charge on any atom is 0.137 e. The predicted molar refractivity (Wildman–Crippen MR) is 127 cm³/mol. The summed E-state index contributed by atoms with van der Waals surface area (Å²) in [7, 11) is 0. The normalized spacial score (nSPS) is 19.9. The number of piperidine rings is 1. The van der Waals surface area contributed by atoms with Crippen LogP contribution in [-0.4, -0.2) is 76.1 Å². The molecule has 31 heavy (non-hydrogen) atoms. The molecule has 3 aromatic heterocycles. The predicted octanol–water partition coefficient (Wildman–Crippen LogP) is 4.01. The van der Waals surface area contributed by atoms with E-state index in [9.17, 15) is 0 Å². The van der Waals surface area contributed by atoms with Gasteiger partial charge in [-0.25, -0.2) is 9.97 Å². The van der Waals surface area contributed by atoms with E-state index in [2.05, 4.69) is 68.8 Å². The molecule has 6 nitrogen and oxygen atoms in total. The van der Waals surface area contributed by atoms with E-state index in [4.69, 9.17) is 4.98 Å². The lowest BCUT2D eigenvalue weighted by atomic mass is 10.0. The Morgan fingerprint density at radius 3 is 2.65 bits per heavy atom. The quantitative estimate of drug-likeness (QED) is 0.694. The topological polar surface area (TPSA) is 51.3 Å². The first kappa shape index (κ1) is 20.5. The number of hydrogen-bond donors (Lipinski definition) is 1. The van der Waals surface area contributed by atoms with Gasteiger partial charge in [-0.3, -0.25) is 4.90 Å². The molecule has 0 atom stereocenters. The Bertz CT molecular complexity index is 971. The van der Waals surface area contributed by atoms with Crippen LogP contribution in [0.25, 0.3) is 22.4 Å². The molecule has 2 fully saturated rings. The van der Waals surface area contributed by atoms with Gasteiger partial charge in [0.2, 0.25) is 0 Å². The van der Waals surface area contributed by atoms with Crippen molar-refractivity contribution in [2.24, 2.45) is 0 Å². The number of likely N-dealkylation sites (tertiary alicyclic amines) is 1. The summed E-state index contributed by atoms with van der Waals surface area (Å²) in [6, 6.07) is 14.0. The van der Waals surface area contributed by atoms with E-state index < -0.39 is 0 Å². The zero-order valence-corrected chi connectivity index (χ0v) is 18.8. The average molecular weight is 419 g/mol. The molecule has 0 spiro atoms. The summed E-state index contributed by atoms with van der Waals surface area (Å²) >= 11 is 0. The van der Waals surface area contributed by atoms with Crippen LogP contribution in [0.2, 0.25) is 0 Å². The summed E-state index contributed by atoms with van der Waals surface area (Å²) < 4.78 is 0. The molecule has 5 heterocycles. The van der Waals surface area contributed by atoms with Crippen molar-refractivity contribution < 1.29 is 0 Å². The second kappa shape index (κ2) is 8.97. The van der Waals surface area contributed by atoms with Gasteiger partial charge in [-0.15, -0.1) is 0 Å². The van der Waals surface area contributed by atoms with E-state index in [0.29, 0.717) is 6.04 Å². The maximum absolute atomic E-state index is 5.01. The van der Waals surface area contributed by atoms with Crippen molar-refractivity contribution in [2.75, 3.05) is 44.2 Å². The van der Waals surface area contributed by atoms with Crippen LogP contribution >= 0.6 is 0 Å². The highest BCUT2D eigenvalue weighted by molar-refractivity contribution is 5.82. The van der Waals surface area contributed by atoms with Gasteiger partial charge in [0.05, 0.1) is 11.4 Å². The van der Waals surface area contributed by atoms with Gasteiger partial charge in [-0.2, -0.15) is 0 Å². The molecule has 2 aliphatic rings. The molecule has 2 aliphatic heterocycles. The molecule has 5 rings (SSSR count). The number of nitrogens with one attached hydrogen (secondary N) is 1. The van der Waals surface area contributed by atoms with Gasteiger partial charge in [0, 0.05) is 49.8 Å². The molecule has 0 aliphatic carbocycles. The second-order valence-corrected chi connectivity index (χ2v) is 9.24. The number of rotatable bonds is 4. The van der Waals surface area contributed by atoms with Crippen LogP contribution in [0.4, 0.5) is 5.82 Å². The first-order valence-electron chi connectivity index (χ1n) is 11.8. The minimum Gasteiger partial charge on any atom is -0.355 e. The fraction of sp³-hybridized carbons (Fsp3) is 0.520. The van der Waals surface area contributed by atoms with Crippen molar-refractivity contribution in [3.8, 4) is 11.4 Å². The monoisotopic (exact) mass is 418 g/mol. The van der Waals surface area contributed by atoms with Crippen molar-refractivity contribution >= 4 is 16.9 Å². The van der Waals surface area contributed by atoms with E-state index in [0.717, 1.165) is 53.9 Å². The fourth-order valence-electron chi connectivity index (χ4n) is 5.14. The lowest BCUT2D eigenvalue weighted by Crippen LogP contribution is -2.47. The number of pyridine rings is 2. The maximum atomic E-state index is 5.01. The zero-order chi connectivity index (χ0) is 21.2. The highest BCUT2D eigenvalue weighted by Gasteiger charge is 2.27. The van der Waals surface area contributed by atoms with Crippen molar-refractivity contribution in [3.63, 3.8) is 0 Å². The van der Waals surface area contributed by atoms with Crippen LogP contribution < -0.4 is 4.90 Å².